The van der Waals surface area contributed by atoms with Crippen LogP contribution < -0.4 is 16.4 Å². The van der Waals surface area contributed by atoms with Gasteiger partial charge in [0.25, 0.3) is 0 Å². The molecular weight excluding hydrogens is 332 g/mol. The molecule has 3 heterocycles. The lowest BCUT2D eigenvalue weighted by Crippen LogP contribution is -2.28. The van der Waals surface area contributed by atoms with Crippen molar-refractivity contribution in [2.75, 3.05) is 38.2 Å². The number of aromatic nitrogens is 2. The number of nitrogens with two attached hydrogens (primary N) is 1. The highest BCUT2D eigenvalue weighted by Crippen LogP contribution is 2.36. The Balaban J connectivity index is 1.59. The van der Waals surface area contributed by atoms with E-state index in [4.69, 9.17) is 5.73 Å². The van der Waals surface area contributed by atoms with E-state index < -0.39 is 0 Å². The van der Waals surface area contributed by atoms with Crippen molar-refractivity contribution in [1.29, 1.82) is 0 Å². The molecule has 0 aliphatic carbocycles. The molecule has 25 heavy (non-hydrogen) atoms. The van der Waals surface area contributed by atoms with E-state index in [0.29, 0.717) is 6.54 Å². The SMILES string of the molecule is NCc1ccc(-c2csc3ncnc(NCCN4CCNC4)c23)cc1. The average Bonchev–Trinajstić information content (AvgIpc) is 3.32. The number of anilines is 1. The minimum Gasteiger partial charge on any atom is -0.368 e. The standard InChI is InChI=1S/C18H22N6S/c19-9-13-1-3-14(4-2-13)15-10-25-18-16(15)17(22-11-23-18)21-6-8-24-7-5-20-12-24/h1-4,10-11,20H,5-9,12,19H2,(H,21,22,23). The Kier molecular flexibility index (Phi) is 4.89. The fourth-order valence-electron chi connectivity index (χ4n) is 3.12. The molecule has 6 nitrogen and oxygen atoms in total. The van der Waals surface area contributed by atoms with Crippen LogP contribution in [0.15, 0.2) is 36.0 Å². The average molecular weight is 354 g/mol. The molecule has 7 heteroatoms. The predicted octanol–water partition coefficient (Wildman–Crippen LogP) is 2.09. The lowest BCUT2D eigenvalue weighted by molar-refractivity contribution is 0.348. The van der Waals surface area contributed by atoms with E-state index in [1.807, 2.05) is 0 Å². The molecule has 4 N–H and O–H groups in total. The van der Waals surface area contributed by atoms with Gasteiger partial charge in [-0.2, -0.15) is 0 Å². The highest BCUT2D eigenvalue weighted by molar-refractivity contribution is 7.17. The van der Waals surface area contributed by atoms with E-state index in [1.54, 1.807) is 17.7 Å². The summed E-state index contributed by atoms with van der Waals surface area (Å²) >= 11 is 1.66. The van der Waals surface area contributed by atoms with Gasteiger partial charge in [-0.05, 0) is 11.1 Å². The Morgan fingerprint density at radius 2 is 2.12 bits per heavy atom. The normalized spacial score (nSPS) is 15.1. The Bertz CT molecular complexity index is 838. The molecule has 1 saturated heterocycles. The Morgan fingerprint density at radius 3 is 2.88 bits per heavy atom. The van der Waals surface area contributed by atoms with E-state index >= 15 is 0 Å². The molecule has 0 spiro atoms. The summed E-state index contributed by atoms with van der Waals surface area (Å²) in [6.45, 7) is 5.59. The first-order valence-corrected chi connectivity index (χ1v) is 9.41. The number of hydrogen-bond donors (Lipinski definition) is 3. The maximum Gasteiger partial charge on any atom is 0.138 e. The third-order valence-corrected chi connectivity index (χ3v) is 5.42. The number of rotatable bonds is 6. The number of hydrogen-bond acceptors (Lipinski definition) is 7. The van der Waals surface area contributed by atoms with E-state index in [0.717, 1.165) is 54.4 Å². The summed E-state index contributed by atoms with van der Waals surface area (Å²) in [5.41, 5.74) is 9.19. The molecule has 4 rings (SSSR count). The first-order chi connectivity index (χ1) is 12.3. The summed E-state index contributed by atoms with van der Waals surface area (Å²) in [5.74, 6) is 0.913. The van der Waals surface area contributed by atoms with Gasteiger partial charge in [0.05, 0.1) is 5.39 Å². The van der Waals surface area contributed by atoms with Gasteiger partial charge in [-0.25, -0.2) is 9.97 Å². The first-order valence-electron chi connectivity index (χ1n) is 8.53. The Morgan fingerprint density at radius 1 is 1.24 bits per heavy atom. The quantitative estimate of drug-likeness (QED) is 0.629. The minimum atomic E-state index is 0.561. The summed E-state index contributed by atoms with van der Waals surface area (Å²) in [6, 6.07) is 8.40. The van der Waals surface area contributed by atoms with Gasteiger partial charge in [0.1, 0.15) is 17.0 Å². The van der Waals surface area contributed by atoms with Crippen molar-refractivity contribution in [3.8, 4) is 11.1 Å². The zero-order valence-corrected chi connectivity index (χ0v) is 14.9. The summed E-state index contributed by atoms with van der Waals surface area (Å²) in [6.07, 6.45) is 1.64. The van der Waals surface area contributed by atoms with Gasteiger partial charge in [0, 0.05) is 50.3 Å². The lowest BCUT2D eigenvalue weighted by atomic mass is 10.0. The van der Waals surface area contributed by atoms with Crippen molar-refractivity contribution in [1.82, 2.24) is 20.2 Å². The molecule has 0 bridgehead atoms. The summed E-state index contributed by atoms with van der Waals surface area (Å²) < 4.78 is 0. The third kappa shape index (κ3) is 3.50. The first kappa shape index (κ1) is 16.4. The highest BCUT2D eigenvalue weighted by Gasteiger charge is 2.14. The molecule has 1 aliphatic rings. The second kappa shape index (κ2) is 7.45. The van der Waals surface area contributed by atoms with Crippen LogP contribution in [-0.2, 0) is 6.54 Å². The van der Waals surface area contributed by atoms with Crippen molar-refractivity contribution in [2.45, 2.75) is 6.54 Å². The van der Waals surface area contributed by atoms with Crippen LogP contribution in [0.2, 0.25) is 0 Å². The van der Waals surface area contributed by atoms with Crippen LogP contribution in [0.4, 0.5) is 5.82 Å². The molecule has 0 saturated carbocycles. The smallest absolute Gasteiger partial charge is 0.138 e. The van der Waals surface area contributed by atoms with Crippen LogP contribution in [0.1, 0.15) is 5.56 Å². The summed E-state index contributed by atoms with van der Waals surface area (Å²) in [4.78, 5) is 12.3. The van der Waals surface area contributed by atoms with Crippen LogP contribution in [0.5, 0.6) is 0 Å². The molecule has 130 valence electrons. The van der Waals surface area contributed by atoms with Crippen molar-refractivity contribution in [3.05, 3.63) is 41.5 Å². The fraction of sp³-hybridized carbons (Fsp3) is 0.333. The molecule has 1 aromatic carbocycles. The second-order valence-corrected chi connectivity index (χ2v) is 7.01. The van der Waals surface area contributed by atoms with E-state index in [-0.39, 0.29) is 0 Å². The van der Waals surface area contributed by atoms with Crippen molar-refractivity contribution >= 4 is 27.4 Å². The van der Waals surface area contributed by atoms with Crippen molar-refractivity contribution in [3.63, 3.8) is 0 Å². The number of nitrogens with zero attached hydrogens (tertiary/aromatic N) is 3. The zero-order valence-electron chi connectivity index (χ0n) is 14.0. The number of fused-ring (bicyclic) bond motifs is 1. The lowest BCUT2D eigenvalue weighted by Gasteiger charge is -2.15. The van der Waals surface area contributed by atoms with Gasteiger partial charge in [0.15, 0.2) is 0 Å². The van der Waals surface area contributed by atoms with Gasteiger partial charge < -0.3 is 16.4 Å². The second-order valence-electron chi connectivity index (χ2n) is 6.16. The van der Waals surface area contributed by atoms with E-state index in [2.05, 4.69) is 55.1 Å². The molecule has 0 radical (unpaired) electrons. The molecule has 3 aromatic rings. The van der Waals surface area contributed by atoms with Crippen LogP contribution in [0, 0.1) is 0 Å². The van der Waals surface area contributed by atoms with E-state index in [1.165, 1.54) is 11.1 Å². The van der Waals surface area contributed by atoms with Gasteiger partial charge in [0.2, 0.25) is 0 Å². The van der Waals surface area contributed by atoms with E-state index in [9.17, 15) is 0 Å². The predicted molar refractivity (Wildman–Crippen MR) is 104 cm³/mol. The van der Waals surface area contributed by atoms with Gasteiger partial charge in [-0.3, -0.25) is 4.90 Å². The summed E-state index contributed by atoms with van der Waals surface area (Å²) in [5, 5.41) is 10.1. The Labute approximate surface area is 151 Å². The third-order valence-electron chi connectivity index (χ3n) is 4.53. The van der Waals surface area contributed by atoms with Crippen LogP contribution >= 0.6 is 11.3 Å². The maximum absolute atomic E-state index is 5.70. The van der Waals surface area contributed by atoms with Gasteiger partial charge in [-0.15, -0.1) is 11.3 Å². The maximum atomic E-state index is 5.70. The van der Waals surface area contributed by atoms with Gasteiger partial charge in [-0.1, -0.05) is 24.3 Å². The Hall–Kier alpha value is -2.06. The number of nitrogens with one attached hydrogen (secondary N) is 2. The zero-order chi connectivity index (χ0) is 17.1. The summed E-state index contributed by atoms with van der Waals surface area (Å²) in [7, 11) is 0. The van der Waals surface area contributed by atoms with Crippen LogP contribution in [-0.4, -0.2) is 47.7 Å². The van der Waals surface area contributed by atoms with Crippen molar-refractivity contribution < 1.29 is 0 Å². The molecular formula is C18H22N6S. The highest BCUT2D eigenvalue weighted by atomic mass is 32.1. The molecule has 2 aromatic heterocycles. The minimum absolute atomic E-state index is 0.561. The van der Waals surface area contributed by atoms with Crippen LogP contribution in [0.25, 0.3) is 21.3 Å². The van der Waals surface area contributed by atoms with Gasteiger partial charge >= 0.3 is 0 Å². The molecule has 0 amide bonds. The largest absolute Gasteiger partial charge is 0.368 e. The topological polar surface area (TPSA) is 79.1 Å². The number of benzene rings is 1. The molecule has 0 atom stereocenters. The molecule has 1 fully saturated rings. The number of thiophene rings is 1. The molecule has 0 unspecified atom stereocenters. The fourth-order valence-corrected chi connectivity index (χ4v) is 4.03. The monoisotopic (exact) mass is 354 g/mol. The van der Waals surface area contributed by atoms with Crippen molar-refractivity contribution in [2.24, 2.45) is 5.73 Å². The van der Waals surface area contributed by atoms with Crippen LogP contribution in [0.3, 0.4) is 0 Å². The molecule has 1 aliphatic heterocycles.